The maximum Gasteiger partial charge on any atom is 0.287 e. The van der Waals surface area contributed by atoms with E-state index in [1.165, 1.54) is 16.8 Å². The zero-order valence-electron chi connectivity index (χ0n) is 9.30. The summed E-state index contributed by atoms with van der Waals surface area (Å²) in [6.07, 6.45) is 2.27. The Morgan fingerprint density at radius 1 is 1.65 bits per heavy atom. The molecule has 0 N–H and O–H groups in total. The highest BCUT2D eigenvalue weighted by molar-refractivity contribution is 9.09. The average molecular weight is 302 g/mol. The quantitative estimate of drug-likeness (QED) is 0.473. The van der Waals surface area contributed by atoms with E-state index in [9.17, 15) is 14.9 Å². The molecule has 0 spiro atoms. The molecule has 17 heavy (non-hydrogen) atoms. The molecule has 0 radical (unpaired) electrons. The molecule has 1 saturated heterocycles. The van der Waals surface area contributed by atoms with Crippen LogP contribution in [0.1, 0.15) is 16.9 Å². The van der Waals surface area contributed by atoms with E-state index in [0.29, 0.717) is 23.6 Å². The Morgan fingerprint density at radius 2 is 2.35 bits per heavy atom. The van der Waals surface area contributed by atoms with Crippen molar-refractivity contribution in [1.82, 2.24) is 9.47 Å². The number of hydrogen-bond acceptors (Lipinski definition) is 3. The molecule has 0 aliphatic carbocycles. The SMILES string of the molecule is Cn1cc([N+](=O)[O-])cc1C(=O)N1CCC(Br)C1. The smallest absolute Gasteiger partial charge is 0.287 e. The molecule has 1 atom stereocenters. The van der Waals surface area contributed by atoms with Crippen LogP contribution in [0.4, 0.5) is 5.69 Å². The van der Waals surface area contributed by atoms with Gasteiger partial charge in [-0.1, -0.05) is 15.9 Å². The highest BCUT2D eigenvalue weighted by Crippen LogP contribution is 2.21. The molecular formula is C10H12BrN3O3. The summed E-state index contributed by atoms with van der Waals surface area (Å²) in [6.45, 7) is 1.34. The van der Waals surface area contributed by atoms with E-state index in [4.69, 9.17) is 0 Å². The number of aromatic nitrogens is 1. The number of aryl methyl sites for hydroxylation is 1. The van der Waals surface area contributed by atoms with Gasteiger partial charge in [-0.15, -0.1) is 0 Å². The molecule has 1 aliphatic rings. The van der Waals surface area contributed by atoms with Gasteiger partial charge in [0.15, 0.2) is 0 Å². The van der Waals surface area contributed by atoms with E-state index >= 15 is 0 Å². The van der Waals surface area contributed by atoms with Crippen LogP contribution in [0.5, 0.6) is 0 Å². The van der Waals surface area contributed by atoms with E-state index in [-0.39, 0.29) is 11.6 Å². The van der Waals surface area contributed by atoms with Crippen LogP contribution in [-0.4, -0.2) is 38.2 Å². The van der Waals surface area contributed by atoms with E-state index in [1.54, 1.807) is 11.9 Å². The van der Waals surface area contributed by atoms with Crippen molar-refractivity contribution in [2.45, 2.75) is 11.2 Å². The van der Waals surface area contributed by atoms with Gasteiger partial charge in [0, 0.05) is 31.0 Å². The number of alkyl halides is 1. The first-order chi connectivity index (χ1) is 7.99. The zero-order valence-corrected chi connectivity index (χ0v) is 10.9. The van der Waals surface area contributed by atoms with E-state index in [0.717, 1.165) is 6.42 Å². The second-order valence-electron chi connectivity index (χ2n) is 4.09. The number of hydrogen-bond donors (Lipinski definition) is 0. The van der Waals surface area contributed by atoms with Gasteiger partial charge in [0.05, 0.1) is 11.1 Å². The summed E-state index contributed by atoms with van der Waals surface area (Å²) in [4.78, 5) is 24.3. The van der Waals surface area contributed by atoms with Crippen molar-refractivity contribution in [3.63, 3.8) is 0 Å². The lowest BCUT2D eigenvalue weighted by Crippen LogP contribution is -2.30. The Hall–Kier alpha value is -1.37. The van der Waals surface area contributed by atoms with Crippen LogP contribution in [0.2, 0.25) is 0 Å². The number of amides is 1. The van der Waals surface area contributed by atoms with Gasteiger partial charge in [0.1, 0.15) is 5.69 Å². The van der Waals surface area contributed by atoms with Crippen molar-refractivity contribution in [1.29, 1.82) is 0 Å². The molecule has 1 aliphatic heterocycles. The van der Waals surface area contributed by atoms with Crippen LogP contribution in [0, 0.1) is 10.1 Å². The second-order valence-corrected chi connectivity index (χ2v) is 5.38. The van der Waals surface area contributed by atoms with Crippen molar-refractivity contribution in [3.05, 3.63) is 28.1 Å². The third-order valence-electron chi connectivity index (χ3n) is 2.84. The Kier molecular flexibility index (Phi) is 3.19. The topological polar surface area (TPSA) is 68.4 Å². The number of likely N-dealkylation sites (tertiary alicyclic amines) is 1. The predicted octanol–water partition coefficient (Wildman–Crippen LogP) is 1.54. The third kappa shape index (κ3) is 2.33. The van der Waals surface area contributed by atoms with Crippen LogP contribution < -0.4 is 0 Å². The minimum Gasteiger partial charge on any atom is -0.340 e. The summed E-state index contributed by atoms with van der Waals surface area (Å²) in [5.41, 5.74) is 0.309. The van der Waals surface area contributed by atoms with Gasteiger partial charge in [-0.05, 0) is 6.42 Å². The van der Waals surface area contributed by atoms with Gasteiger partial charge in [0.2, 0.25) is 0 Å². The lowest BCUT2D eigenvalue weighted by molar-refractivity contribution is -0.384. The summed E-state index contributed by atoms with van der Waals surface area (Å²) >= 11 is 3.46. The first-order valence-electron chi connectivity index (χ1n) is 5.23. The summed E-state index contributed by atoms with van der Waals surface area (Å²) in [6, 6.07) is 1.32. The molecular weight excluding hydrogens is 290 g/mol. The largest absolute Gasteiger partial charge is 0.340 e. The molecule has 1 amide bonds. The molecule has 0 aromatic carbocycles. The van der Waals surface area contributed by atoms with E-state index in [2.05, 4.69) is 15.9 Å². The second kappa shape index (κ2) is 4.48. The van der Waals surface area contributed by atoms with Crippen LogP contribution in [0.25, 0.3) is 0 Å². The molecule has 0 bridgehead atoms. The van der Waals surface area contributed by atoms with Crippen molar-refractivity contribution >= 4 is 27.5 Å². The van der Waals surface area contributed by atoms with Crippen molar-refractivity contribution < 1.29 is 9.72 Å². The molecule has 2 heterocycles. The standard InChI is InChI=1S/C10H12BrN3O3/c1-12-6-8(14(16)17)4-9(12)10(15)13-3-2-7(11)5-13/h4,6-7H,2-3,5H2,1H3. The summed E-state index contributed by atoms with van der Waals surface area (Å²) in [5, 5.41) is 10.6. The lowest BCUT2D eigenvalue weighted by atomic mass is 10.3. The van der Waals surface area contributed by atoms with E-state index in [1.807, 2.05) is 0 Å². The monoisotopic (exact) mass is 301 g/mol. The number of carbonyl (C=O) groups is 1. The minimum atomic E-state index is -0.492. The maximum absolute atomic E-state index is 12.1. The maximum atomic E-state index is 12.1. The molecule has 1 aromatic rings. The number of halogens is 1. The average Bonchev–Trinajstić information content (AvgIpc) is 2.84. The number of carbonyl (C=O) groups excluding carboxylic acids is 1. The molecule has 7 heteroatoms. The van der Waals surface area contributed by atoms with Crippen LogP contribution >= 0.6 is 15.9 Å². The molecule has 6 nitrogen and oxygen atoms in total. The van der Waals surface area contributed by atoms with Gasteiger partial charge in [0.25, 0.3) is 11.6 Å². The number of nitrogens with zero attached hydrogens (tertiary/aromatic N) is 3. The minimum absolute atomic E-state index is 0.0505. The van der Waals surface area contributed by atoms with Gasteiger partial charge in [-0.3, -0.25) is 14.9 Å². The normalized spacial score (nSPS) is 19.6. The Bertz CT molecular complexity index is 471. The van der Waals surface area contributed by atoms with Crippen LogP contribution in [0.3, 0.4) is 0 Å². The molecule has 1 fully saturated rings. The van der Waals surface area contributed by atoms with Crippen LogP contribution in [0.15, 0.2) is 12.3 Å². The van der Waals surface area contributed by atoms with Crippen molar-refractivity contribution in [3.8, 4) is 0 Å². The fraction of sp³-hybridized carbons (Fsp3) is 0.500. The Labute approximate surface area is 106 Å². The summed E-state index contributed by atoms with van der Waals surface area (Å²) in [7, 11) is 1.64. The van der Waals surface area contributed by atoms with Crippen LogP contribution in [-0.2, 0) is 7.05 Å². The zero-order chi connectivity index (χ0) is 12.6. The van der Waals surface area contributed by atoms with Crippen molar-refractivity contribution in [2.75, 3.05) is 13.1 Å². The molecule has 1 aromatic heterocycles. The fourth-order valence-electron chi connectivity index (χ4n) is 1.92. The van der Waals surface area contributed by atoms with Gasteiger partial charge >= 0.3 is 0 Å². The highest BCUT2D eigenvalue weighted by Gasteiger charge is 2.28. The van der Waals surface area contributed by atoms with Gasteiger partial charge in [-0.25, -0.2) is 0 Å². The Balaban J connectivity index is 2.22. The Morgan fingerprint density at radius 3 is 2.82 bits per heavy atom. The summed E-state index contributed by atoms with van der Waals surface area (Å²) in [5.74, 6) is -0.150. The van der Waals surface area contributed by atoms with Gasteiger partial charge < -0.3 is 9.47 Å². The third-order valence-corrected chi connectivity index (χ3v) is 3.59. The highest BCUT2D eigenvalue weighted by atomic mass is 79.9. The van der Waals surface area contributed by atoms with Gasteiger partial charge in [-0.2, -0.15) is 0 Å². The first-order valence-corrected chi connectivity index (χ1v) is 6.14. The molecule has 0 saturated carbocycles. The number of nitro groups is 1. The van der Waals surface area contributed by atoms with E-state index < -0.39 is 4.92 Å². The first kappa shape index (κ1) is 12.1. The molecule has 92 valence electrons. The molecule has 1 unspecified atom stereocenters. The fourth-order valence-corrected chi connectivity index (χ4v) is 2.48. The summed E-state index contributed by atoms with van der Waals surface area (Å²) < 4.78 is 1.50. The van der Waals surface area contributed by atoms with Crippen molar-refractivity contribution in [2.24, 2.45) is 7.05 Å². The number of rotatable bonds is 2. The lowest BCUT2D eigenvalue weighted by Gasteiger charge is -2.15. The molecule has 2 rings (SSSR count). The predicted molar refractivity (Wildman–Crippen MR) is 65.3 cm³/mol.